The van der Waals surface area contributed by atoms with Crippen molar-refractivity contribution in [2.75, 3.05) is 33.2 Å². The van der Waals surface area contributed by atoms with E-state index in [9.17, 15) is 15.0 Å². The highest BCUT2D eigenvalue weighted by Crippen LogP contribution is 2.62. The molecule has 1 amide bonds. The summed E-state index contributed by atoms with van der Waals surface area (Å²) < 4.78 is 21.2. The van der Waals surface area contributed by atoms with Gasteiger partial charge in [0.05, 0.1) is 18.2 Å². The molecule has 4 aliphatic rings. The molecule has 4 aromatic rings. The van der Waals surface area contributed by atoms with E-state index in [-0.39, 0.29) is 55.3 Å². The van der Waals surface area contributed by atoms with E-state index in [1.807, 2.05) is 41.3 Å². The van der Waals surface area contributed by atoms with Gasteiger partial charge in [0.25, 0.3) is 0 Å². The third-order valence-corrected chi connectivity index (χ3v) is 13.7. The van der Waals surface area contributed by atoms with Gasteiger partial charge in [-0.2, -0.15) is 0 Å². The van der Waals surface area contributed by atoms with Gasteiger partial charge in [-0.25, -0.2) is 0 Å². The molecule has 1 aliphatic heterocycles. The van der Waals surface area contributed by atoms with Gasteiger partial charge < -0.3 is 34.2 Å². The van der Waals surface area contributed by atoms with Gasteiger partial charge in [-0.05, 0) is 121 Å². The molecule has 316 valence electrons. The van der Waals surface area contributed by atoms with Crippen LogP contribution in [0.4, 0.5) is 0 Å². The summed E-state index contributed by atoms with van der Waals surface area (Å²) in [5, 5.41) is 26.9. The van der Waals surface area contributed by atoms with Gasteiger partial charge in [-0.15, -0.1) is 18.3 Å². The number of unbranched alkanes of at least 4 members (excludes halogenated alkanes) is 2. The molecule has 1 heterocycles. The quantitative estimate of drug-likeness (QED) is 0.0416. The Bertz CT molecular complexity index is 2200. The maximum Gasteiger partial charge on any atom is 0.239 e. The number of benzene rings is 4. The molecule has 2 fully saturated rings. The SMILES string of the molecule is C=CCOC12Oc3ccc(Oc4ccc(SC)cc4)cc3C3C(CCCCO)C(CCCCO)C=C(C(=NOC)CC1N(Cc1cccc4ccccc14)C(=O)C1CC1)C32. The molecule has 3 aliphatic carbocycles. The summed E-state index contributed by atoms with van der Waals surface area (Å²) in [6.45, 7) is 4.93. The third-order valence-electron chi connectivity index (χ3n) is 12.9. The van der Waals surface area contributed by atoms with Crippen molar-refractivity contribution in [1.82, 2.24) is 4.90 Å². The molecule has 6 unspecified atom stereocenters. The number of hydrogen-bond acceptors (Lipinski definition) is 9. The second-order valence-corrected chi connectivity index (χ2v) is 17.5. The summed E-state index contributed by atoms with van der Waals surface area (Å²) in [6, 6.07) is 28.3. The number of carbonyl (C=O) groups excluding carboxylic acids is 1. The number of carbonyl (C=O) groups is 1. The van der Waals surface area contributed by atoms with Gasteiger partial charge in [0, 0.05) is 48.5 Å². The molecule has 10 heteroatoms. The fraction of sp³-hybridized carbons (Fsp3) is 0.440. The van der Waals surface area contributed by atoms with E-state index in [0.29, 0.717) is 37.3 Å². The summed E-state index contributed by atoms with van der Waals surface area (Å²) in [6.07, 6.45) is 13.1. The molecule has 0 aromatic heterocycles. The van der Waals surface area contributed by atoms with Crippen LogP contribution in [-0.2, 0) is 20.9 Å². The standard InChI is InChI=1S/C50H58N2O7S/c1-4-28-57-50-46(52(49(55)34-18-19-34)32-36-15-11-14-33-12-5-6-16-40(33)36)31-44(51-56-2)42-29-35(13-7-9-26-53)41(17-8-10-27-54)47(48(42)50)43-30-38(22-25-45(43)59-50)58-37-20-23-39(60-3)24-21-37/h4-6,11-12,14-16,20-25,29-30,34-35,41,46-48,53-54H,1,7-10,13,17-19,26-28,31-32H2,2-3H3. The average molecular weight is 831 g/mol. The van der Waals surface area contributed by atoms with Crippen LogP contribution in [-0.4, -0.2) is 71.7 Å². The third kappa shape index (κ3) is 8.49. The zero-order chi connectivity index (χ0) is 41.6. The molecule has 0 spiro atoms. The van der Waals surface area contributed by atoms with Gasteiger partial charge >= 0.3 is 0 Å². The van der Waals surface area contributed by atoms with Gasteiger partial charge in [0.15, 0.2) is 0 Å². The van der Waals surface area contributed by atoms with Gasteiger partial charge in [0.1, 0.15) is 30.4 Å². The van der Waals surface area contributed by atoms with Crippen LogP contribution in [0.1, 0.15) is 74.8 Å². The van der Waals surface area contributed by atoms with Crippen molar-refractivity contribution >= 4 is 34.2 Å². The lowest BCUT2D eigenvalue weighted by molar-refractivity contribution is -0.258. The Kier molecular flexibility index (Phi) is 13.3. The maximum absolute atomic E-state index is 14.9. The van der Waals surface area contributed by atoms with Crippen LogP contribution >= 0.6 is 11.8 Å². The molecule has 0 radical (unpaired) electrons. The van der Waals surface area contributed by atoms with E-state index >= 15 is 0 Å². The highest BCUT2D eigenvalue weighted by Gasteiger charge is 2.66. The fourth-order valence-corrected chi connectivity index (χ4v) is 10.5. The maximum atomic E-state index is 14.9. The summed E-state index contributed by atoms with van der Waals surface area (Å²) in [5.74, 6) is 0.584. The second kappa shape index (κ2) is 19.0. The van der Waals surface area contributed by atoms with Crippen molar-refractivity contribution in [2.45, 2.75) is 87.0 Å². The lowest BCUT2D eigenvalue weighted by atomic mass is 9.55. The molecule has 2 saturated carbocycles. The van der Waals surface area contributed by atoms with Crippen LogP contribution in [0.2, 0.25) is 0 Å². The lowest BCUT2D eigenvalue weighted by Gasteiger charge is -2.60. The van der Waals surface area contributed by atoms with E-state index in [0.717, 1.165) is 82.4 Å². The van der Waals surface area contributed by atoms with E-state index in [1.54, 1.807) is 24.9 Å². The number of amides is 1. The predicted octanol–water partition coefficient (Wildman–Crippen LogP) is 10.1. The number of ether oxygens (including phenoxy) is 3. The normalized spacial score (nSPS) is 24.8. The minimum Gasteiger partial charge on any atom is -0.459 e. The molecule has 8 rings (SSSR count). The molecule has 4 aromatic carbocycles. The molecule has 2 N–H and O–H groups in total. The van der Waals surface area contributed by atoms with Crippen LogP contribution in [0.25, 0.3) is 10.8 Å². The van der Waals surface area contributed by atoms with Gasteiger partial charge in [-0.3, -0.25) is 4.79 Å². The van der Waals surface area contributed by atoms with Crippen molar-refractivity contribution in [2.24, 2.45) is 28.8 Å². The first-order chi connectivity index (χ1) is 29.4. The number of aliphatic hydroxyl groups is 2. The van der Waals surface area contributed by atoms with Crippen molar-refractivity contribution in [3.8, 4) is 17.2 Å². The monoisotopic (exact) mass is 830 g/mol. The summed E-state index contributed by atoms with van der Waals surface area (Å²) in [5.41, 5.74) is 3.89. The highest BCUT2D eigenvalue weighted by molar-refractivity contribution is 7.98. The molecule has 0 bridgehead atoms. The predicted molar refractivity (Wildman–Crippen MR) is 237 cm³/mol. The van der Waals surface area contributed by atoms with E-state index < -0.39 is 11.8 Å². The first kappa shape index (κ1) is 42.1. The Balaban J connectivity index is 1.32. The van der Waals surface area contributed by atoms with Crippen LogP contribution in [0.15, 0.2) is 119 Å². The van der Waals surface area contributed by atoms with Crippen molar-refractivity contribution in [3.63, 3.8) is 0 Å². The summed E-state index contributed by atoms with van der Waals surface area (Å²) in [7, 11) is 1.58. The zero-order valence-electron chi connectivity index (χ0n) is 34.8. The molecule has 60 heavy (non-hydrogen) atoms. The number of hydrogen-bond donors (Lipinski definition) is 2. The van der Waals surface area contributed by atoms with Crippen molar-refractivity contribution in [3.05, 3.63) is 120 Å². The number of nitrogens with zero attached hydrogens (tertiary/aromatic N) is 2. The van der Waals surface area contributed by atoms with Crippen molar-refractivity contribution in [1.29, 1.82) is 0 Å². The minimum absolute atomic E-state index is 0.0685. The fourth-order valence-electron chi connectivity index (χ4n) is 10.1. The van der Waals surface area contributed by atoms with Gasteiger partial charge in [-0.1, -0.05) is 72.6 Å². The second-order valence-electron chi connectivity index (χ2n) is 16.6. The Morgan fingerprint density at radius 2 is 1.72 bits per heavy atom. The Labute approximate surface area is 358 Å². The lowest BCUT2D eigenvalue weighted by Crippen LogP contribution is -2.70. The number of aliphatic hydroxyl groups excluding tert-OH is 2. The molecule has 0 saturated heterocycles. The number of fused-ring (bicyclic) bond motifs is 3. The Hall–Kier alpha value is -4.61. The minimum atomic E-state index is -1.32. The number of allylic oxidation sites excluding steroid dienone is 1. The van der Waals surface area contributed by atoms with Crippen molar-refractivity contribution < 1.29 is 34.1 Å². The summed E-state index contributed by atoms with van der Waals surface area (Å²) >= 11 is 1.69. The Morgan fingerprint density at radius 1 is 0.967 bits per heavy atom. The van der Waals surface area contributed by atoms with E-state index in [2.05, 4.69) is 67.4 Å². The first-order valence-corrected chi connectivity index (χ1v) is 22.9. The van der Waals surface area contributed by atoms with Gasteiger partial charge in [0.2, 0.25) is 11.7 Å². The Morgan fingerprint density at radius 3 is 2.45 bits per heavy atom. The number of oxime groups is 1. The largest absolute Gasteiger partial charge is 0.459 e. The highest BCUT2D eigenvalue weighted by atomic mass is 32.2. The molecular formula is C50H58N2O7S. The van der Waals surface area contributed by atoms with Crippen LogP contribution < -0.4 is 9.47 Å². The zero-order valence-corrected chi connectivity index (χ0v) is 35.7. The van der Waals surface area contributed by atoms with E-state index in [1.165, 1.54) is 0 Å². The smallest absolute Gasteiger partial charge is 0.239 e. The number of rotatable bonds is 19. The molecular weight excluding hydrogens is 773 g/mol. The van der Waals surface area contributed by atoms with Crippen LogP contribution in [0, 0.1) is 23.7 Å². The molecule has 9 nitrogen and oxygen atoms in total. The number of thioether (sulfide) groups is 1. The first-order valence-electron chi connectivity index (χ1n) is 21.6. The molecule has 6 atom stereocenters. The topological polar surface area (TPSA) is 110 Å². The van der Waals surface area contributed by atoms with Crippen LogP contribution in [0.5, 0.6) is 17.2 Å². The average Bonchev–Trinajstić information content (AvgIpc) is 4.13. The summed E-state index contributed by atoms with van der Waals surface area (Å²) in [4.78, 5) is 23.8. The van der Waals surface area contributed by atoms with E-state index in [4.69, 9.17) is 24.2 Å². The van der Waals surface area contributed by atoms with Crippen LogP contribution in [0.3, 0.4) is 0 Å².